The number of carbonyl (C=O) groups is 1. The average molecular weight is 399 g/mol. The van der Waals surface area contributed by atoms with Crippen LogP contribution in [0.1, 0.15) is 40.1 Å². The van der Waals surface area contributed by atoms with Crippen LogP contribution in [0.2, 0.25) is 0 Å². The van der Waals surface area contributed by atoms with Crippen LogP contribution in [-0.2, 0) is 0 Å². The summed E-state index contributed by atoms with van der Waals surface area (Å²) in [7, 11) is 0. The molecule has 0 aliphatic heterocycles. The van der Waals surface area contributed by atoms with Gasteiger partial charge in [-0.2, -0.15) is 5.10 Å². The molecule has 1 N–H and O–H groups in total. The number of carbonyl (C=O) groups excluding carboxylic acids is 1. The Morgan fingerprint density at radius 2 is 2.00 bits per heavy atom. The zero-order valence-electron chi connectivity index (χ0n) is 15.3. The minimum atomic E-state index is -0.239. The molecule has 27 heavy (non-hydrogen) atoms. The topological polar surface area (TPSA) is 85.6 Å². The van der Waals surface area contributed by atoms with Crippen LogP contribution in [0.25, 0.3) is 21.6 Å². The van der Waals surface area contributed by atoms with Gasteiger partial charge in [0, 0.05) is 10.9 Å². The Labute approximate surface area is 164 Å². The molecule has 0 aliphatic rings. The molecule has 0 atom stereocenters. The van der Waals surface area contributed by atoms with Crippen LogP contribution in [0.4, 0.5) is 5.13 Å². The summed E-state index contributed by atoms with van der Waals surface area (Å²) in [6.45, 7) is 7.98. The van der Waals surface area contributed by atoms with Gasteiger partial charge in [-0.15, -0.1) is 21.5 Å². The van der Waals surface area contributed by atoms with Crippen molar-refractivity contribution < 1.29 is 4.79 Å². The number of thiophene rings is 1. The molecule has 4 aromatic rings. The van der Waals surface area contributed by atoms with E-state index in [1.54, 1.807) is 17.5 Å². The van der Waals surface area contributed by atoms with E-state index in [2.05, 4.69) is 33.6 Å². The lowest BCUT2D eigenvalue weighted by Gasteiger charge is -2.09. The summed E-state index contributed by atoms with van der Waals surface area (Å²) in [6.07, 6.45) is 1.70. The molecule has 7 nitrogen and oxygen atoms in total. The van der Waals surface area contributed by atoms with Gasteiger partial charge in [0.05, 0.1) is 27.7 Å². The first-order valence-corrected chi connectivity index (χ1v) is 10.1. The molecule has 0 aliphatic carbocycles. The lowest BCUT2D eigenvalue weighted by atomic mass is 10.1. The van der Waals surface area contributed by atoms with E-state index in [0.29, 0.717) is 16.3 Å². The highest BCUT2D eigenvalue weighted by Gasteiger charge is 2.20. The molecule has 0 aromatic carbocycles. The van der Waals surface area contributed by atoms with Gasteiger partial charge in [-0.3, -0.25) is 10.1 Å². The zero-order valence-corrected chi connectivity index (χ0v) is 17.0. The first-order chi connectivity index (χ1) is 12.9. The maximum absolute atomic E-state index is 13.0. The summed E-state index contributed by atoms with van der Waals surface area (Å²) in [5.41, 5.74) is 1.99. The third-order valence-corrected chi connectivity index (χ3v) is 5.82. The molecule has 1 amide bonds. The SMILES string of the molecule is Cc1ccc(-c2cc(C(=O)Nc3nnc(C)s3)c3cnn(C(C)C)c3n2)s1. The minimum absolute atomic E-state index is 0.136. The Bertz CT molecular complexity index is 1140. The first kappa shape index (κ1) is 17.7. The van der Waals surface area contributed by atoms with Crippen molar-refractivity contribution >= 4 is 44.7 Å². The molecule has 0 unspecified atom stereocenters. The van der Waals surface area contributed by atoms with Crippen LogP contribution in [0, 0.1) is 13.8 Å². The van der Waals surface area contributed by atoms with Gasteiger partial charge in [-0.1, -0.05) is 11.3 Å². The molecule has 4 heterocycles. The molecule has 4 rings (SSSR count). The van der Waals surface area contributed by atoms with Crippen molar-refractivity contribution in [3.63, 3.8) is 0 Å². The summed E-state index contributed by atoms with van der Waals surface area (Å²) in [5.74, 6) is -0.239. The van der Waals surface area contributed by atoms with Crippen molar-refractivity contribution in [3.05, 3.63) is 39.8 Å². The van der Waals surface area contributed by atoms with E-state index in [0.717, 1.165) is 21.0 Å². The minimum Gasteiger partial charge on any atom is -0.296 e. The normalized spacial score (nSPS) is 11.4. The number of fused-ring (bicyclic) bond motifs is 1. The second-order valence-electron chi connectivity index (χ2n) is 6.47. The molecule has 0 saturated heterocycles. The van der Waals surface area contributed by atoms with Gasteiger partial charge in [0.2, 0.25) is 5.13 Å². The van der Waals surface area contributed by atoms with E-state index in [-0.39, 0.29) is 11.9 Å². The largest absolute Gasteiger partial charge is 0.296 e. The second kappa shape index (κ2) is 6.82. The third-order valence-electron chi connectivity index (χ3n) is 4.04. The number of rotatable bonds is 4. The number of hydrogen-bond donors (Lipinski definition) is 1. The van der Waals surface area contributed by atoms with Gasteiger partial charge in [0.1, 0.15) is 5.01 Å². The number of anilines is 1. The monoisotopic (exact) mass is 398 g/mol. The smallest absolute Gasteiger partial charge is 0.258 e. The summed E-state index contributed by atoms with van der Waals surface area (Å²) >= 11 is 2.99. The lowest BCUT2D eigenvalue weighted by Crippen LogP contribution is -2.13. The van der Waals surface area contributed by atoms with Crippen molar-refractivity contribution in [3.8, 4) is 10.6 Å². The van der Waals surface area contributed by atoms with Gasteiger partial charge >= 0.3 is 0 Å². The van der Waals surface area contributed by atoms with Crippen molar-refractivity contribution in [1.29, 1.82) is 0 Å². The van der Waals surface area contributed by atoms with Crippen molar-refractivity contribution in [2.75, 3.05) is 5.32 Å². The van der Waals surface area contributed by atoms with E-state index in [4.69, 9.17) is 4.98 Å². The van der Waals surface area contributed by atoms with Crippen LogP contribution in [0.5, 0.6) is 0 Å². The number of aromatic nitrogens is 5. The van der Waals surface area contributed by atoms with Crippen LogP contribution < -0.4 is 5.32 Å². The quantitative estimate of drug-likeness (QED) is 0.548. The predicted octanol–water partition coefficient (Wildman–Crippen LogP) is 4.46. The van der Waals surface area contributed by atoms with E-state index < -0.39 is 0 Å². The van der Waals surface area contributed by atoms with E-state index >= 15 is 0 Å². The summed E-state index contributed by atoms with van der Waals surface area (Å²) < 4.78 is 1.84. The fraction of sp³-hybridized carbons (Fsp3) is 0.278. The number of nitrogens with one attached hydrogen (secondary N) is 1. The Morgan fingerprint density at radius 1 is 1.19 bits per heavy atom. The van der Waals surface area contributed by atoms with E-state index in [1.807, 2.05) is 37.6 Å². The lowest BCUT2D eigenvalue weighted by molar-refractivity contribution is 0.102. The van der Waals surface area contributed by atoms with Crippen LogP contribution in [0.3, 0.4) is 0 Å². The van der Waals surface area contributed by atoms with Crippen LogP contribution in [-0.4, -0.2) is 30.9 Å². The molecular weight excluding hydrogens is 380 g/mol. The summed E-state index contributed by atoms with van der Waals surface area (Å²) in [6, 6.07) is 6.04. The highest BCUT2D eigenvalue weighted by atomic mass is 32.1. The molecule has 9 heteroatoms. The number of amides is 1. The number of aryl methyl sites for hydroxylation is 2. The highest BCUT2D eigenvalue weighted by Crippen LogP contribution is 2.31. The second-order valence-corrected chi connectivity index (χ2v) is 8.94. The van der Waals surface area contributed by atoms with Crippen molar-refractivity contribution in [2.45, 2.75) is 33.7 Å². The predicted molar refractivity (Wildman–Crippen MR) is 109 cm³/mol. The standard InChI is InChI=1S/C18H18N6OS2/c1-9(2)24-16-13(8-19-24)12(17(25)21-18-23-22-11(4)27-18)7-14(20-16)15-6-5-10(3)26-15/h5-9H,1-4H3,(H,21,23,25). The van der Waals surface area contributed by atoms with Crippen molar-refractivity contribution in [2.24, 2.45) is 0 Å². The summed E-state index contributed by atoms with van der Waals surface area (Å²) in [5, 5.41) is 17.2. The zero-order chi connectivity index (χ0) is 19.1. The average Bonchev–Trinajstić information content (AvgIpc) is 3.33. The molecule has 0 spiro atoms. The molecule has 4 aromatic heterocycles. The Balaban J connectivity index is 1.85. The fourth-order valence-electron chi connectivity index (χ4n) is 2.79. The molecular formula is C18H18N6OS2. The maximum Gasteiger partial charge on any atom is 0.258 e. The molecule has 0 radical (unpaired) electrons. The van der Waals surface area contributed by atoms with Gasteiger partial charge in [-0.05, 0) is 45.9 Å². The Hall–Kier alpha value is -2.65. The van der Waals surface area contributed by atoms with E-state index in [1.165, 1.54) is 16.2 Å². The number of nitrogens with zero attached hydrogens (tertiary/aromatic N) is 5. The van der Waals surface area contributed by atoms with Crippen LogP contribution >= 0.6 is 22.7 Å². The van der Waals surface area contributed by atoms with Gasteiger partial charge < -0.3 is 0 Å². The fourth-order valence-corrected chi connectivity index (χ4v) is 4.21. The van der Waals surface area contributed by atoms with Crippen LogP contribution in [0.15, 0.2) is 24.4 Å². The van der Waals surface area contributed by atoms with Crippen molar-refractivity contribution in [1.82, 2.24) is 25.0 Å². The third kappa shape index (κ3) is 3.35. The van der Waals surface area contributed by atoms with E-state index in [9.17, 15) is 4.79 Å². The number of pyridine rings is 1. The number of hydrogen-bond acceptors (Lipinski definition) is 7. The summed E-state index contributed by atoms with van der Waals surface area (Å²) in [4.78, 5) is 20.0. The Kier molecular flexibility index (Phi) is 4.48. The molecule has 0 bridgehead atoms. The molecule has 0 saturated carbocycles. The van der Waals surface area contributed by atoms with Gasteiger partial charge in [0.15, 0.2) is 5.65 Å². The van der Waals surface area contributed by atoms with Gasteiger partial charge in [0.25, 0.3) is 5.91 Å². The van der Waals surface area contributed by atoms with Gasteiger partial charge in [-0.25, -0.2) is 9.67 Å². The molecule has 138 valence electrons. The first-order valence-electron chi connectivity index (χ1n) is 8.49. The molecule has 0 fully saturated rings. The Morgan fingerprint density at radius 3 is 2.63 bits per heavy atom. The maximum atomic E-state index is 13.0. The highest BCUT2D eigenvalue weighted by molar-refractivity contribution is 7.15.